The zero-order valence-electron chi connectivity index (χ0n) is 68.5. The molecule has 0 aliphatic rings. The van der Waals surface area contributed by atoms with Gasteiger partial charge in [0.1, 0.15) is 78.5 Å². The van der Waals surface area contributed by atoms with E-state index < -0.39 is 167 Å². The maximum Gasteiger partial charge on any atom is 0.245 e. The average molecular weight is 1580 g/mol. The highest BCUT2D eigenvalue weighted by atomic mass is 16.3. The quantitative estimate of drug-likeness (QED) is 0.0394. The number of aliphatic hydroxyl groups excluding tert-OH is 1. The molecule has 2 rings (SSSR count). The second kappa shape index (κ2) is 53.2. The molecule has 112 heavy (non-hydrogen) atoms. The minimum atomic E-state index is -1.69. The van der Waals surface area contributed by atoms with Crippen LogP contribution >= 0.6 is 0 Å². The molecule has 0 radical (unpaired) electrons. The largest absolute Gasteiger partial charge is 0.391 e. The highest BCUT2D eigenvalue weighted by Crippen LogP contribution is 2.21. The smallest absolute Gasteiger partial charge is 0.245 e. The maximum absolute atomic E-state index is 14.7. The number of rotatable bonds is 57. The van der Waals surface area contributed by atoms with Gasteiger partial charge in [-0.3, -0.25) is 67.1 Å². The van der Waals surface area contributed by atoms with E-state index in [0.29, 0.717) is 57.8 Å². The molecule has 1 heterocycles. The van der Waals surface area contributed by atoms with Gasteiger partial charge in [0.2, 0.25) is 82.7 Å². The predicted octanol–water partition coefficient (Wildman–Crippen LogP) is 0.219. The number of nitrogens with two attached hydrogens (primary N) is 5. The van der Waals surface area contributed by atoms with E-state index in [9.17, 15) is 72.2 Å². The molecule has 1 aromatic heterocycles. The van der Waals surface area contributed by atoms with Crippen LogP contribution in [0.1, 0.15) is 224 Å². The molecule has 34 heteroatoms. The predicted molar refractivity (Wildman–Crippen MR) is 429 cm³/mol. The summed E-state index contributed by atoms with van der Waals surface area (Å²) in [6.45, 7) is 22.6. The fraction of sp³-hybridized carbons (Fsp3) is 0.718. The standard InChI is InChI=1S/C78H137N19O15/c1-14-15-16-17-34-63(99)88-62(42-52-43-84-54-29-19-18-28-53(52)54)76(110)92-58(33-23-27-38-82)72(106)97-65(51(13)98)78(112)95-61(41-46(6)7)75(109)93-59(39-44(2)3)73(107)91-56(31-21-25-36-80)70(104)89-57(32-22-26-37-81)71(105)96-64(47(8)9)77(111)94-60(40-45(4)5)74(108)90-55(30-20-24-35-79)69(103)87-50(12)68(102)86-49(11)67(101)85-48(10)66(83)100/h18-19,28-29,43-51,55-62,64-65,84,98H,14-17,20-27,30-42,79-82H2,1-13H3,(H2,83,100)(H,85,101)(H,86,102)(H,87,103)(H,88,99)(H,89,104)(H,90,108)(H,91,107)(H,92,110)(H,93,109)(H,94,111)(H,95,112)(H,96,105)(H,97,106)/t48-,49-,50-,51+,55-,56-,57-,58-,59-,60-,61-,62-,64-,65-/m0/s1. The zero-order chi connectivity index (χ0) is 84.3. The second-order valence-electron chi connectivity index (χ2n) is 31.0. The summed E-state index contributed by atoms with van der Waals surface area (Å²) in [5, 5.41) is 47.0. The van der Waals surface area contributed by atoms with Gasteiger partial charge in [0.05, 0.1) is 6.10 Å². The Hall–Kier alpha value is -8.86. The van der Waals surface area contributed by atoms with Crippen molar-refractivity contribution in [2.75, 3.05) is 26.2 Å². The lowest BCUT2D eigenvalue weighted by atomic mass is 9.98. The summed E-state index contributed by atoms with van der Waals surface area (Å²) in [4.78, 5) is 199. The number of H-pyrrole nitrogens is 1. The lowest BCUT2D eigenvalue weighted by Crippen LogP contribution is -2.62. The van der Waals surface area contributed by atoms with Crippen LogP contribution in [0.2, 0.25) is 0 Å². The fourth-order valence-corrected chi connectivity index (χ4v) is 12.4. The summed E-state index contributed by atoms with van der Waals surface area (Å²) >= 11 is 0. The second-order valence-corrected chi connectivity index (χ2v) is 31.0. The number of carbonyl (C=O) groups excluding carboxylic acids is 14. The third-order valence-corrected chi connectivity index (χ3v) is 18.9. The molecule has 634 valence electrons. The average Bonchev–Trinajstić information content (AvgIpc) is 1.68. The first-order valence-corrected chi connectivity index (χ1v) is 40.2. The van der Waals surface area contributed by atoms with Crippen molar-refractivity contribution in [1.82, 2.24) is 74.1 Å². The van der Waals surface area contributed by atoms with Crippen LogP contribution in [0.5, 0.6) is 0 Å². The highest BCUT2D eigenvalue weighted by molar-refractivity contribution is 6.00. The number of para-hydroxylation sites is 1. The number of unbranched alkanes of at least 4 members (excludes halogenated alkanes) is 7. The van der Waals surface area contributed by atoms with Crippen LogP contribution in [0, 0.1) is 23.7 Å². The number of aromatic nitrogens is 1. The fourth-order valence-electron chi connectivity index (χ4n) is 12.4. The van der Waals surface area contributed by atoms with Gasteiger partial charge in [0.15, 0.2) is 0 Å². The number of aliphatic hydroxyl groups is 1. The lowest BCUT2D eigenvalue weighted by Gasteiger charge is -2.30. The topological polar surface area (TPSA) is 561 Å². The van der Waals surface area contributed by atoms with Crippen LogP contribution in [0.3, 0.4) is 0 Å². The Morgan fingerprint density at radius 2 is 0.705 bits per heavy atom. The van der Waals surface area contributed by atoms with Gasteiger partial charge in [0, 0.05) is 29.9 Å². The number of nitrogens with one attached hydrogen (secondary N) is 14. The van der Waals surface area contributed by atoms with E-state index in [-0.39, 0.29) is 108 Å². The van der Waals surface area contributed by atoms with Crippen LogP contribution in [0.25, 0.3) is 10.9 Å². The van der Waals surface area contributed by atoms with Gasteiger partial charge in [-0.15, -0.1) is 0 Å². The van der Waals surface area contributed by atoms with E-state index in [0.717, 1.165) is 35.7 Å². The van der Waals surface area contributed by atoms with Crippen molar-refractivity contribution in [1.29, 1.82) is 0 Å². The van der Waals surface area contributed by atoms with Gasteiger partial charge >= 0.3 is 0 Å². The van der Waals surface area contributed by atoms with Crippen LogP contribution < -0.4 is 97.8 Å². The van der Waals surface area contributed by atoms with Gasteiger partial charge in [-0.25, -0.2) is 0 Å². The van der Waals surface area contributed by atoms with E-state index in [4.69, 9.17) is 28.7 Å². The Morgan fingerprint density at radius 1 is 0.366 bits per heavy atom. The molecular formula is C78H137N19O15. The van der Waals surface area contributed by atoms with E-state index in [1.165, 1.54) is 27.7 Å². The van der Waals surface area contributed by atoms with E-state index in [1.54, 1.807) is 47.7 Å². The molecule has 25 N–H and O–H groups in total. The molecule has 1 aromatic carbocycles. The first-order valence-electron chi connectivity index (χ1n) is 40.2. The molecule has 0 unspecified atom stereocenters. The van der Waals surface area contributed by atoms with Gasteiger partial charge in [0.25, 0.3) is 0 Å². The first-order chi connectivity index (χ1) is 52.9. The summed E-state index contributed by atoms with van der Waals surface area (Å²) in [7, 11) is 0. The van der Waals surface area contributed by atoms with Crippen molar-refractivity contribution in [2.24, 2.45) is 52.3 Å². The van der Waals surface area contributed by atoms with Crippen LogP contribution in [0.4, 0.5) is 0 Å². The van der Waals surface area contributed by atoms with Gasteiger partial charge in [-0.1, -0.05) is 99.8 Å². The van der Waals surface area contributed by atoms with E-state index in [1.807, 2.05) is 38.1 Å². The molecule has 0 saturated carbocycles. The highest BCUT2D eigenvalue weighted by Gasteiger charge is 2.39. The molecule has 14 amide bonds. The third-order valence-electron chi connectivity index (χ3n) is 18.9. The summed E-state index contributed by atoms with van der Waals surface area (Å²) in [5.41, 5.74) is 30.2. The van der Waals surface area contributed by atoms with E-state index >= 15 is 0 Å². The SMILES string of the molecule is CCCCCCC(=O)N[C@@H](Cc1c[nH]c2ccccc12)C(=O)N[C@@H](CCCCN)C(=O)N[C@H](C(=O)N[C@@H](CC(C)C)C(=O)N[C@@H](CC(C)C)C(=O)N[C@@H](CCCCN)C(=O)N[C@@H](CCCCN)C(=O)N[C@H](C(=O)N[C@@H](CC(C)C)C(=O)N[C@@H](CCCCN)C(=O)N[C@@H](C)C(=O)N[C@@H](C)C(=O)N[C@@H](C)C(N)=O)C(C)C)[C@@H](C)O. The molecule has 0 spiro atoms. The van der Waals surface area contributed by atoms with Crippen molar-refractivity contribution in [3.63, 3.8) is 0 Å². The summed E-state index contributed by atoms with van der Waals surface area (Å²) in [6, 6.07) is -9.12. The Morgan fingerprint density at radius 3 is 1.09 bits per heavy atom. The van der Waals surface area contributed by atoms with Crippen LogP contribution in [-0.2, 0) is 73.5 Å². The normalized spacial score (nSPS) is 15.2. The monoisotopic (exact) mass is 1580 g/mol. The molecule has 0 aliphatic carbocycles. The lowest BCUT2D eigenvalue weighted by molar-refractivity contribution is -0.137. The Balaban J connectivity index is 2.47. The van der Waals surface area contributed by atoms with Crippen molar-refractivity contribution >= 4 is 93.6 Å². The third kappa shape index (κ3) is 37.2. The molecule has 0 bridgehead atoms. The van der Waals surface area contributed by atoms with Crippen molar-refractivity contribution in [2.45, 2.75) is 309 Å². The summed E-state index contributed by atoms with van der Waals surface area (Å²) < 4.78 is 0. The minimum Gasteiger partial charge on any atom is -0.391 e. The number of benzene rings is 1. The molecular weight excluding hydrogens is 1440 g/mol. The van der Waals surface area contributed by atoms with Gasteiger partial charge < -0.3 is 108 Å². The molecule has 0 aliphatic heterocycles. The van der Waals surface area contributed by atoms with Gasteiger partial charge in [-0.05, 0) is 192 Å². The zero-order valence-corrected chi connectivity index (χ0v) is 68.5. The summed E-state index contributed by atoms with van der Waals surface area (Å²) in [5.74, 6) is -11.8. The number of aromatic amines is 1. The maximum atomic E-state index is 14.7. The summed E-state index contributed by atoms with van der Waals surface area (Å²) in [6.07, 6.45) is 7.28. The number of hydrogen-bond donors (Lipinski definition) is 20. The number of fused-ring (bicyclic) bond motifs is 1. The van der Waals surface area contributed by atoms with Crippen molar-refractivity contribution in [3.05, 3.63) is 36.0 Å². The Bertz CT molecular complexity index is 3310. The number of carbonyl (C=O) groups is 14. The Labute approximate surface area is 661 Å². The first kappa shape index (κ1) is 99.2. The number of amides is 14. The molecule has 14 atom stereocenters. The molecule has 2 aromatic rings. The van der Waals surface area contributed by atoms with Crippen molar-refractivity contribution < 1.29 is 72.2 Å². The molecule has 0 fully saturated rings. The van der Waals surface area contributed by atoms with E-state index in [2.05, 4.69) is 81.0 Å². The minimum absolute atomic E-state index is 0.00800. The Kier molecular flexibility index (Phi) is 47.1. The van der Waals surface area contributed by atoms with Crippen molar-refractivity contribution in [3.8, 4) is 0 Å². The van der Waals surface area contributed by atoms with Gasteiger partial charge in [-0.2, -0.15) is 0 Å². The van der Waals surface area contributed by atoms with Crippen LogP contribution in [0.15, 0.2) is 30.5 Å². The van der Waals surface area contributed by atoms with Crippen LogP contribution in [-0.4, -0.2) is 204 Å². The number of primary amides is 1. The number of hydrogen-bond acceptors (Lipinski definition) is 19. The molecule has 0 saturated heterocycles. The molecule has 34 nitrogen and oxygen atoms in total.